The second-order valence-electron chi connectivity index (χ2n) is 6.18. The predicted octanol–water partition coefficient (Wildman–Crippen LogP) is 2.34. The summed E-state index contributed by atoms with van der Waals surface area (Å²) >= 11 is 0. The third kappa shape index (κ3) is 3.87. The third-order valence-corrected chi connectivity index (χ3v) is 3.69. The minimum atomic E-state index is -0.235. The number of benzene rings is 1. The van der Waals surface area contributed by atoms with Crippen LogP contribution in [0.15, 0.2) is 18.2 Å². The molecule has 2 rings (SSSR count). The maximum atomic E-state index is 9.62. The highest BCUT2D eigenvalue weighted by Gasteiger charge is 2.23. The van der Waals surface area contributed by atoms with Gasteiger partial charge in [-0.1, -0.05) is 19.9 Å². The summed E-state index contributed by atoms with van der Waals surface area (Å²) < 4.78 is 10.7. The Hall–Kier alpha value is -1.26. The molecule has 0 radical (unpaired) electrons. The van der Waals surface area contributed by atoms with E-state index in [4.69, 9.17) is 9.47 Å². The van der Waals surface area contributed by atoms with Gasteiger partial charge in [0.05, 0.1) is 6.61 Å². The molecule has 20 heavy (non-hydrogen) atoms. The van der Waals surface area contributed by atoms with Crippen molar-refractivity contribution >= 4 is 0 Å². The Bertz CT molecular complexity index is 447. The summed E-state index contributed by atoms with van der Waals surface area (Å²) in [5, 5.41) is 13.1. The molecule has 4 heteroatoms. The lowest BCUT2D eigenvalue weighted by Crippen LogP contribution is -2.47. The van der Waals surface area contributed by atoms with Gasteiger partial charge in [-0.05, 0) is 49.9 Å². The van der Waals surface area contributed by atoms with Gasteiger partial charge in [-0.2, -0.15) is 0 Å². The van der Waals surface area contributed by atoms with E-state index in [1.54, 1.807) is 0 Å². The van der Waals surface area contributed by atoms with Crippen LogP contribution in [0.25, 0.3) is 0 Å². The first-order chi connectivity index (χ1) is 9.52. The highest BCUT2D eigenvalue weighted by molar-refractivity contribution is 5.44. The number of hydrogen-bond acceptors (Lipinski definition) is 4. The summed E-state index contributed by atoms with van der Waals surface area (Å²) in [7, 11) is 0. The van der Waals surface area contributed by atoms with Gasteiger partial charge < -0.3 is 19.9 Å². The number of aliphatic hydroxyl groups excluding tert-OH is 1. The Labute approximate surface area is 121 Å². The van der Waals surface area contributed by atoms with Crippen LogP contribution in [0.3, 0.4) is 0 Å². The van der Waals surface area contributed by atoms with Crippen molar-refractivity contribution in [2.75, 3.05) is 19.9 Å². The number of aryl methyl sites for hydroxylation is 1. The van der Waals surface area contributed by atoms with E-state index in [0.29, 0.717) is 12.7 Å². The van der Waals surface area contributed by atoms with Crippen LogP contribution in [0.1, 0.15) is 32.8 Å². The Kier molecular flexibility index (Phi) is 4.89. The number of rotatable bonds is 7. The first-order valence-corrected chi connectivity index (χ1v) is 7.27. The van der Waals surface area contributed by atoms with Gasteiger partial charge in [0.1, 0.15) is 0 Å². The molecule has 1 heterocycles. The fourth-order valence-corrected chi connectivity index (χ4v) is 2.19. The second-order valence-corrected chi connectivity index (χ2v) is 6.18. The van der Waals surface area contributed by atoms with E-state index in [-0.39, 0.29) is 12.1 Å². The summed E-state index contributed by atoms with van der Waals surface area (Å²) in [6.07, 6.45) is 1.79. The van der Waals surface area contributed by atoms with Crippen molar-refractivity contribution in [2.45, 2.75) is 39.2 Å². The van der Waals surface area contributed by atoms with Crippen LogP contribution in [0, 0.1) is 5.92 Å². The molecule has 0 fully saturated rings. The zero-order valence-electron chi connectivity index (χ0n) is 12.6. The zero-order chi connectivity index (χ0) is 14.6. The Morgan fingerprint density at radius 2 is 2.05 bits per heavy atom. The fraction of sp³-hybridized carbons (Fsp3) is 0.625. The molecule has 1 atom stereocenters. The number of nitrogens with one attached hydrogen (secondary N) is 1. The van der Waals surface area contributed by atoms with Gasteiger partial charge in [0.15, 0.2) is 11.5 Å². The third-order valence-electron chi connectivity index (χ3n) is 3.69. The van der Waals surface area contributed by atoms with Crippen molar-refractivity contribution in [3.05, 3.63) is 23.8 Å². The van der Waals surface area contributed by atoms with Crippen molar-refractivity contribution in [1.82, 2.24) is 5.32 Å². The lowest BCUT2D eigenvalue weighted by Gasteiger charge is -2.30. The fourth-order valence-electron chi connectivity index (χ4n) is 2.19. The number of fused-ring (bicyclic) bond motifs is 1. The molecule has 0 bridgehead atoms. The molecular formula is C16H25NO3. The molecule has 0 saturated carbocycles. The average molecular weight is 279 g/mol. The molecular weight excluding hydrogens is 254 g/mol. The number of ether oxygens (including phenoxy) is 2. The second kappa shape index (κ2) is 6.46. The Morgan fingerprint density at radius 3 is 2.75 bits per heavy atom. The molecule has 1 aromatic carbocycles. The van der Waals surface area contributed by atoms with Crippen LogP contribution >= 0.6 is 0 Å². The van der Waals surface area contributed by atoms with E-state index in [9.17, 15) is 5.11 Å². The average Bonchev–Trinajstić information content (AvgIpc) is 2.90. The smallest absolute Gasteiger partial charge is 0.231 e. The van der Waals surface area contributed by atoms with E-state index < -0.39 is 0 Å². The molecule has 0 aliphatic carbocycles. The van der Waals surface area contributed by atoms with E-state index >= 15 is 0 Å². The summed E-state index contributed by atoms with van der Waals surface area (Å²) in [5.41, 5.74) is 0.973. The lowest BCUT2D eigenvalue weighted by atomic mass is 9.93. The van der Waals surface area contributed by atoms with Crippen LogP contribution in [0.4, 0.5) is 0 Å². The molecule has 0 spiro atoms. The minimum Gasteiger partial charge on any atom is -0.454 e. The zero-order valence-corrected chi connectivity index (χ0v) is 12.6. The van der Waals surface area contributed by atoms with Gasteiger partial charge in [0, 0.05) is 5.54 Å². The van der Waals surface area contributed by atoms with Crippen LogP contribution in [0.5, 0.6) is 11.5 Å². The SMILES string of the molecule is CC(C)CNC(C)(CO)CCc1ccc2c(c1)OCO2. The van der Waals surface area contributed by atoms with E-state index in [1.165, 1.54) is 5.56 Å². The molecule has 2 N–H and O–H groups in total. The monoisotopic (exact) mass is 279 g/mol. The predicted molar refractivity (Wildman–Crippen MR) is 79.2 cm³/mol. The number of aliphatic hydroxyl groups is 1. The molecule has 1 unspecified atom stereocenters. The summed E-state index contributed by atoms with van der Waals surface area (Å²) in [6, 6.07) is 6.05. The van der Waals surface area contributed by atoms with Crippen LogP contribution in [-0.4, -0.2) is 30.6 Å². The highest BCUT2D eigenvalue weighted by Crippen LogP contribution is 2.33. The van der Waals surface area contributed by atoms with E-state index in [0.717, 1.165) is 30.9 Å². The number of hydrogen-bond donors (Lipinski definition) is 2. The minimum absolute atomic E-state index is 0.143. The molecule has 1 aliphatic heterocycles. The molecule has 4 nitrogen and oxygen atoms in total. The van der Waals surface area contributed by atoms with E-state index in [1.807, 2.05) is 12.1 Å². The topological polar surface area (TPSA) is 50.7 Å². The molecule has 112 valence electrons. The molecule has 0 amide bonds. The largest absolute Gasteiger partial charge is 0.454 e. The Balaban J connectivity index is 1.92. The highest BCUT2D eigenvalue weighted by atomic mass is 16.7. The van der Waals surface area contributed by atoms with Gasteiger partial charge in [0.25, 0.3) is 0 Å². The van der Waals surface area contributed by atoms with Gasteiger partial charge >= 0.3 is 0 Å². The molecule has 0 saturated heterocycles. The molecule has 0 aromatic heterocycles. The maximum absolute atomic E-state index is 9.62. The molecule has 1 aliphatic rings. The van der Waals surface area contributed by atoms with Gasteiger partial charge in [-0.3, -0.25) is 0 Å². The lowest BCUT2D eigenvalue weighted by molar-refractivity contribution is 0.162. The van der Waals surface area contributed by atoms with Crippen molar-refractivity contribution in [3.8, 4) is 11.5 Å². The van der Waals surface area contributed by atoms with Crippen molar-refractivity contribution in [3.63, 3.8) is 0 Å². The summed E-state index contributed by atoms with van der Waals surface area (Å²) in [4.78, 5) is 0. The maximum Gasteiger partial charge on any atom is 0.231 e. The first-order valence-electron chi connectivity index (χ1n) is 7.27. The normalized spacial score (nSPS) is 16.4. The van der Waals surface area contributed by atoms with Crippen LogP contribution in [0.2, 0.25) is 0 Å². The van der Waals surface area contributed by atoms with Gasteiger partial charge in [0.2, 0.25) is 6.79 Å². The van der Waals surface area contributed by atoms with E-state index in [2.05, 4.69) is 32.2 Å². The Morgan fingerprint density at radius 1 is 1.30 bits per heavy atom. The van der Waals surface area contributed by atoms with Gasteiger partial charge in [-0.25, -0.2) is 0 Å². The van der Waals surface area contributed by atoms with Crippen LogP contribution in [-0.2, 0) is 6.42 Å². The molecule has 1 aromatic rings. The first kappa shape index (κ1) is 15.1. The van der Waals surface area contributed by atoms with Crippen LogP contribution < -0.4 is 14.8 Å². The van der Waals surface area contributed by atoms with Crippen molar-refractivity contribution in [1.29, 1.82) is 0 Å². The summed E-state index contributed by atoms with van der Waals surface area (Å²) in [6.45, 7) is 7.78. The van der Waals surface area contributed by atoms with Gasteiger partial charge in [-0.15, -0.1) is 0 Å². The van der Waals surface area contributed by atoms with Crippen molar-refractivity contribution in [2.24, 2.45) is 5.92 Å². The standard InChI is InChI=1S/C16H25NO3/c1-12(2)9-17-16(3,10-18)7-6-13-4-5-14-15(8-13)20-11-19-14/h4-5,8,12,17-18H,6-7,9-11H2,1-3H3. The quantitative estimate of drug-likeness (QED) is 0.804. The van der Waals surface area contributed by atoms with Crippen molar-refractivity contribution < 1.29 is 14.6 Å². The summed E-state index contributed by atoms with van der Waals surface area (Å²) in [5.74, 6) is 2.21.